The average molecular weight is 352 g/mol. The molecular formula is C20H20N2O4. The van der Waals surface area contributed by atoms with Gasteiger partial charge in [-0.05, 0) is 42.3 Å². The van der Waals surface area contributed by atoms with Gasteiger partial charge >= 0.3 is 0 Å². The monoisotopic (exact) mass is 352 g/mol. The van der Waals surface area contributed by atoms with Crippen LogP contribution in [-0.4, -0.2) is 24.8 Å². The van der Waals surface area contributed by atoms with Gasteiger partial charge in [0.2, 0.25) is 11.8 Å². The van der Waals surface area contributed by atoms with E-state index in [4.69, 9.17) is 14.0 Å². The first kappa shape index (κ1) is 17.5. The highest BCUT2D eigenvalue weighted by atomic mass is 16.5. The molecule has 134 valence electrons. The maximum absolute atomic E-state index is 12.3. The number of ether oxygens (including phenoxy) is 2. The van der Waals surface area contributed by atoms with Crippen molar-refractivity contribution in [2.24, 2.45) is 0 Å². The van der Waals surface area contributed by atoms with Crippen LogP contribution in [0.2, 0.25) is 0 Å². The Hall–Kier alpha value is -3.28. The SMILES string of the molecule is CCOc1ccc(CC(=O)Nc2oncc2-c2ccc(OC)cc2)cc1. The zero-order valence-electron chi connectivity index (χ0n) is 14.7. The number of hydrogen-bond acceptors (Lipinski definition) is 5. The van der Waals surface area contributed by atoms with E-state index in [0.717, 1.165) is 22.6 Å². The molecule has 1 N–H and O–H groups in total. The molecule has 0 spiro atoms. The molecule has 6 nitrogen and oxygen atoms in total. The summed E-state index contributed by atoms with van der Waals surface area (Å²) in [6.45, 7) is 2.54. The largest absolute Gasteiger partial charge is 0.497 e. The number of nitrogens with one attached hydrogen (secondary N) is 1. The number of anilines is 1. The molecule has 0 aliphatic rings. The fraction of sp³-hybridized carbons (Fsp3) is 0.200. The van der Waals surface area contributed by atoms with Crippen LogP contribution in [0.25, 0.3) is 11.1 Å². The fourth-order valence-electron chi connectivity index (χ4n) is 2.53. The number of methoxy groups -OCH3 is 1. The van der Waals surface area contributed by atoms with Gasteiger partial charge in [-0.3, -0.25) is 10.1 Å². The Labute approximate surface area is 151 Å². The molecule has 26 heavy (non-hydrogen) atoms. The van der Waals surface area contributed by atoms with E-state index in [9.17, 15) is 4.79 Å². The van der Waals surface area contributed by atoms with Crippen molar-refractivity contribution in [2.45, 2.75) is 13.3 Å². The molecule has 0 saturated heterocycles. The Balaban J connectivity index is 1.67. The molecule has 0 aliphatic carbocycles. The summed E-state index contributed by atoms with van der Waals surface area (Å²) in [6.07, 6.45) is 1.81. The second kappa shape index (κ2) is 8.20. The Bertz CT molecular complexity index is 854. The third kappa shape index (κ3) is 4.22. The first-order chi connectivity index (χ1) is 12.7. The number of aromatic nitrogens is 1. The van der Waals surface area contributed by atoms with Crippen LogP contribution >= 0.6 is 0 Å². The van der Waals surface area contributed by atoms with Gasteiger partial charge in [0.15, 0.2) is 0 Å². The van der Waals surface area contributed by atoms with E-state index in [0.29, 0.717) is 18.1 Å². The summed E-state index contributed by atoms with van der Waals surface area (Å²) >= 11 is 0. The van der Waals surface area contributed by atoms with Gasteiger partial charge in [0.25, 0.3) is 0 Å². The van der Waals surface area contributed by atoms with Gasteiger partial charge in [0.1, 0.15) is 11.5 Å². The average Bonchev–Trinajstić information content (AvgIpc) is 3.11. The molecule has 0 aliphatic heterocycles. The predicted molar refractivity (Wildman–Crippen MR) is 98.4 cm³/mol. The van der Waals surface area contributed by atoms with Crippen molar-refractivity contribution in [1.82, 2.24) is 5.16 Å². The maximum atomic E-state index is 12.3. The number of carbonyl (C=O) groups excluding carboxylic acids is 1. The van der Waals surface area contributed by atoms with Crippen LogP contribution in [-0.2, 0) is 11.2 Å². The summed E-state index contributed by atoms with van der Waals surface area (Å²) in [7, 11) is 1.61. The van der Waals surface area contributed by atoms with Gasteiger partial charge in [0.05, 0.1) is 31.9 Å². The highest BCUT2D eigenvalue weighted by molar-refractivity contribution is 5.94. The van der Waals surface area contributed by atoms with Crippen LogP contribution in [0.1, 0.15) is 12.5 Å². The van der Waals surface area contributed by atoms with E-state index in [1.165, 1.54) is 0 Å². The molecule has 0 bridgehead atoms. The standard InChI is InChI=1S/C20H20N2O4/c1-3-25-17-8-4-14(5-9-17)12-19(23)22-20-18(13-21-26-20)15-6-10-16(24-2)11-7-15/h4-11,13H,3,12H2,1-2H3,(H,22,23). The van der Waals surface area contributed by atoms with E-state index < -0.39 is 0 Å². The van der Waals surface area contributed by atoms with Gasteiger partial charge in [-0.1, -0.05) is 29.4 Å². The number of rotatable bonds is 7. The van der Waals surface area contributed by atoms with Crippen LogP contribution in [0.5, 0.6) is 11.5 Å². The van der Waals surface area contributed by atoms with Gasteiger partial charge in [0, 0.05) is 0 Å². The van der Waals surface area contributed by atoms with Crippen molar-refractivity contribution in [3.63, 3.8) is 0 Å². The number of carbonyl (C=O) groups is 1. The van der Waals surface area contributed by atoms with Gasteiger partial charge in [-0.2, -0.15) is 0 Å². The third-order valence-electron chi connectivity index (χ3n) is 3.82. The smallest absolute Gasteiger partial charge is 0.239 e. The number of hydrogen-bond donors (Lipinski definition) is 1. The van der Waals surface area contributed by atoms with Gasteiger partial charge in [-0.15, -0.1) is 0 Å². The quantitative estimate of drug-likeness (QED) is 0.697. The molecule has 0 fully saturated rings. The van der Waals surface area contributed by atoms with E-state index in [-0.39, 0.29) is 12.3 Å². The second-order valence-electron chi connectivity index (χ2n) is 5.60. The molecule has 3 rings (SSSR count). The second-order valence-corrected chi connectivity index (χ2v) is 5.60. The molecule has 1 aromatic heterocycles. The number of nitrogens with zero attached hydrogens (tertiary/aromatic N) is 1. The van der Waals surface area contributed by atoms with Crippen molar-refractivity contribution >= 4 is 11.8 Å². The summed E-state index contributed by atoms with van der Waals surface area (Å²) < 4.78 is 15.8. The van der Waals surface area contributed by atoms with Crippen LogP contribution in [0.3, 0.4) is 0 Å². The van der Waals surface area contributed by atoms with Crippen LogP contribution in [0.4, 0.5) is 5.88 Å². The molecule has 1 amide bonds. The molecule has 2 aromatic carbocycles. The van der Waals surface area contributed by atoms with Crippen LogP contribution in [0, 0.1) is 0 Å². The van der Waals surface area contributed by atoms with Crippen LogP contribution < -0.4 is 14.8 Å². The lowest BCUT2D eigenvalue weighted by Gasteiger charge is -2.06. The Morgan fingerprint density at radius 3 is 2.42 bits per heavy atom. The lowest BCUT2D eigenvalue weighted by Crippen LogP contribution is -2.14. The summed E-state index contributed by atoms with van der Waals surface area (Å²) in [5.74, 6) is 1.69. The van der Waals surface area contributed by atoms with Crippen LogP contribution in [0.15, 0.2) is 59.3 Å². The fourth-order valence-corrected chi connectivity index (χ4v) is 2.53. The van der Waals surface area contributed by atoms with Gasteiger partial charge < -0.3 is 14.0 Å². The first-order valence-corrected chi connectivity index (χ1v) is 8.30. The van der Waals surface area contributed by atoms with E-state index in [2.05, 4.69) is 10.5 Å². The number of amides is 1. The Morgan fingerprint density at radius 1 is 1.08 bits per heavy atom. The lowest BCUT2D eigenvalue weighted by molar-refractivity contribution is -0.115. The minimum absolute atomic E-state index is 0.180. The summed E-state index contributed by atoms with van der Waals surface area (Å²) in [5, 5.41) is 6.57. The highest BCUT2D eigenvalue weighted by Gasteiger charge is 2.14. The van der Waals surface area contributed by atoms with E-state index in [1.54, 1.807) is 13.3 Å². The topological polar surface area (TPSA) is 73.6 Å². The maximum Gasteiger partial charge on any atom is 0.239 e. The molecular weight excluding hydrogens is 332 g/mol. The predicted octanol–water partition coefficient (Wildman–Crippen LogP) is 3.93. The lowest BCUT2D eigenvalue weighted by atomic mass is 10.1. The minimum atomic E-state index is -0.180. The minimum Gasteiger partial charge on any atom is -0.497 e. The van der Waals surface area contributed by atoms with E-state index in [1.807, 2.05) is 55.5 Å². The molecule has 0 atom stereocenters. The molecule has 0 unspecified atom stereocenters. The molecule has 1 heterocycles. The van der Waals surface area contributed by atoms with E-state index >= 15 is 0 Å². The van der Waals surface area contributed by atoms with Crippen molar-refractivity contribution < 1.29 is 18.8 Å². The Kier molecular flexibility index (Phi) is 5.53. The summed E-state index contributed by atoms with van der Waals surface area (Å²) in [5.41, 5.74) is 2.48. The van der Waals surface area contributed by atoms with Crippen molar-refractivity contribution in [2.75, 3.05) is 19.0 Å². The normalized spacial score (nSPS) is 10.4. The first-order valence-electron chi connectivity index (χ1n) is 8.30. The molecule has 3 aromatic rings. The third-order valence-corrected chi connectivity index (χ3v) is 3.82. The van der Waals surface area contributed by atoms with Gasteiger partial charge in [-0.25, -0.2) is 0 Å². The van der Waals surface area contributed by atoms with Crippen molar-refractivity contribution in [3.8, 4) is 22.6 Å². The Morgan fingerprint density at radius 2 is 1.77 bits per heavy atom. The zero-order chi connectivity index (χ0) is 18.4. The summed E-state index contributed by atoms with van der Waals surface area (Å²) in [6, 6.07) is 14.9. The number of benzene rings is 2. The van der Waals surface area contributed by atoms with Crippen molar-refractivity contribution in [1.29, 1.82) is 0 Å². The zero-order valence-corrected chi connectivity index (χ0v) is 14.7. The molecule has 6 heteroatoms. The van der Waals surface area contributed by atoms with Crippen molar-refractivity contribution in [3.05, 3.63) is 60.3 Å². The highest BCUT2D eigenvalue weighted by Crippen LogP contribution is 2.29. The summed E-state index contributed by atoms with van der Waals surface area (Å²) in [4.78, 5) is 12.3. The molecule has 0 radical (unpaired) electrons. The molecule has 0 saturated carbocycles.